The van der Waals surface area contributed by atoms with Gasteiger partial charge in [0.25, 0.3) is 0 Å². The first-order valence-corrected chi connectivity index (χ1v) is 6.88. The van der Waals surface area contributed by atoms with Crippen molar-refractivity contribution in [3.05, 3.63) is 39.1 Å². The first-order chi connectivity index (χ1) is 9.56. The van der Waals surface area contributed by atoms with Gasteiger partial charge in [-0.15, -0.1) is 0 Å². The number of aromatic nitrogens is 1. The lowest BCUT2D eigenvalue weighted by Crippen LogP contribution is -2.21. The van der Waals surface area contributed by atoms with Crippen LogP contribution >= 0.6 is 11.3 Å². The van der Waals surface area contributed by atoms with Crippen LogP contribution in [0.25, 0.3) is 0 Å². The first kappa shape index (κ1) is 14.2. The minimum atomic E-state index is -0.676. The van der Waals surface area contributed by atoms with Crippen molar-refractivity contribution < 1.29 is 14.1 Å². The largest absolute Gasteiger partial charge is 0.433 e. The monoisotopic (exact) mass is 295 g/mol. The highest BCUT2D eigenvalue weighted by atomic mass is 32.1. The van der Waals surface area contributed by atoms with Gasteiger partial charge < -0.3 is 9.32 Å². The van der Waals surface area contributed by atoms with Gasteiger partial charge in [-0.2, -0.15) is 0 Å². The van der Waals surface area contributed by atoms with Gasteiger partial charge in [-0.25, -0.2) is 4.98 Å². The van der Waals surface area contributed by atoms with E-state index in [1.807, 2.05) is 18.7 Å². The number of hydrogen-bond acceptors (Lipinski definition) is 7. The van der Waals surface area contributed by atoms with E-state index in [4.69, 9.17) is 4.42 Å². The van der Waals surface area contributed by atoms with Gasteiger partial charge in [0.2, 0.25) is 5.78 Å². The van der Waals surface area contributed by atoms with Crippen molar-refractivity contribution in [2.24, 2.45) is 0 Å². The Morgan fingerprint density at radius 1 is 1.45 bits per heavy atom. The van der Waals surface area contributed by atoms with E-state index in [0.29, 0.717) is 4.88 Å². The number of carbonyl (C=O) groups excluding carboxylic acids is 1. The highest BCUT2D eigenvalue weighted by Gasteiger charge is 2.21. The summed E-state index contributed by atoms with van der Waals surface area (Å²) in [6.07, 6.45) is 1.47. The normalized spacial score (nSPS) is 10.5. The van der Waals surface area contributed by atoms with Crippen molar-refractivity contribution in [3.63, 3.8) is 0 Å². The smallest absolute Gasteiger partial charge is 0.397 e. The summed E-state index contributed by atoms with van der Waals surface area (Å²) in [7, 11) is 0. The standard InChI is InChI=1S/C12H13N3O4S/c1-3-14(4-2)12-13-7-9(20-12)11(16)8-5-6-10(19-8)15(17)18/h5-7H,3-4H2,1-2H3. The Bertz CT molecular complexity index is 630. The number of carbonyl (C=O) groups is 1. The molecule has 8 heteroatoms. The molecule has 0 radical (unpaired) electrons. The Kier molecular flexibility index (Phi) is 4.14. The molecule has 2 aromatic rings. The fraction of sp³-hybridized carbons (Fsp3) is 0.333. The number of nitro groups is 1. The van der Waals surface area contributed by atoms with Gasteiger partial charge >= 0.3 is 5.88 Å². The van der Waals surface area contributed by atoms with E-state index in [-0.39, 0.29) is 5.76 Å². The average molecular weight is 295 g/mol. The molecule has 0 atom stereocenters. The van der Waals surface area contributed by atoms with E-state index in [2.05, 4.69) is 4.98 Å². The second-order valence-corrected chi connectivity index (χ2v) is 4.91. The van der Waals surface area contributed by atoms with Crippen molar-refractivity contribution >= 4 is 28.1 Å². The summed E-state index contributed by atoms with van der Waals surface area (Å²) in [5.41, 5.74) is 0. The third kappa shape index (κ3) is 2.69. The van der Waals surface area contributed by atoms with Crippen LogP contribution < -0.4 is 4.90 Å². The summed E-state index contributed by atoms with van der Waals surface area (Å²) in [5.74, 6) is -0.887. The van der Waals surface area contributed by atoms with E-state index < -0.39 is 16.6 Å². The van der Waals surface area contributed by atoms with Crippen LogP contribution in [0.2, 0.25) is 0 Å². The minimum absolute atomic E-state index is 0.0496. The molecule has 0 aliphatic heterocycles. The van der Waals surface area contributed by atoms with Gasteiger partial charge in [-0.1, -0.05) is 11.3 Å². The molecule has 0 aliphatic carbocycles. The lowest BCUT2D eigenvalue weighted by atomic mass is 10.3. The Labute approximate surface area is 119 Å². The van der Waals surface area contributed by atoms with Gasteiger partial charge in [-0.05, 0) is 19.9 Å². The zero-order chi connectivity index (χ0) is 14.7. The molecule has 106 valence electrons. The van der Waals surface area contributed by atoms with Crippen LogP contribution in [0.15, 0.2) is 22.7 Å². The van der Waals surface area contributed by atoms with Crippen molar-refractivity contribution in [2.75, 3.05) is 18.0 Å². The second-order valence-electron chi connectivity index (χ2n) is 3.90. The predicted octanol–water partition coefficient (Wildman–Crippen LogP) is 2.72. The summed E-state index contributed by atoms with van der Waals surface area (Å²) >= 11 is 1.25. The van der Waals surface area contributed by atoms with Crippen LogP contribution in [0.4, 0.5) is 11.0 Å². The van der Waals surface area contributed by atoms with Crippen molar-refractivity contribution in [2.45, 2.75) is 13.8 Å². The predicted molar refractivity (Wildman–Crippen MR) is 74.5 cm³/mol. The van der Waals surface area contributed by atoms with Crippen LogP contribution in [0, 0.1) is 10.1 Å². The van der Waals surface area contributed by atoms with Gasteiger partial charge in [0.1, 0.15) is 9.80 Å². The second kappa shape index (κ2) is 5.83. The summed E-state index contributed by atoms with van der Waals surface area (Å²) in [4.78, 5) is 28.6. The SMILES string of the molecule is CCN(CC)c1ncc(C(=O)c2ccc([N+](=O)[O-])o2)s1. The third-order valence-corrected chi connectivity index (χ3v) is 3.80. The van der Waals surface area contributed by atoms with E-state index in [1.54, 1.807) is 0 Å². The number of furan rings is 1. The third-order valence-electron chi connectivity index (χ3n) is 2.75. The van der Waals surface area contributed by atoms with E-state index in [0.717, 1.165) is 18.2 Å². The molecule has 0 unspecified atom stereocenters. The number of thiazole rings is 1. The van der Waals surface area contributed by atoms with Crippen LogP contribution in [0.3, 0.4) is 0 Å². The van der Waals surface area contributed by atoms with Crippen LogP contribution in [-0.4, -0.2) is 28.8 Å². The van der Waals surface area contributed by atoms with Crippen molar-refractivity contribution in [1.82, 2.24) is 4.98 Å². The summed E-state index contributed by atoms with van der Waals surface area (Å²) in [6, 6.07) is 2.47. The van der Waals surface area contributed by atoms with Crippen LogP contribution in [0.1, 0.15) is 29.3 Å². The molecular formula is C12H13N3O4S. The number of anilines is 1. The molecular weight excluding hydrogens is 282 g/mol. The number of hydrogen-bond donors (Lipinski definition) is 0. The zero-order valence-electron chi connectivity index (χ0n) is 11.0. The fourth-order valence-corrected chi connectivity index (χ4v) is 2.67. The number of nitrogens with zero attached hydrogens (tertiary/aromatic N) is 3. The van der Waals surface area contributed by atoms with Gasteiger partial charge in [0.05, 0.1) is 12.3 Å². The number of ketones is 1. The molecule has 0 aromatic carbocycles. The molecule has 0 saturated carbocycles. The molecule has 0 fully saturated rings. The summed E-state index contributed by atoms with van der Waals surface area (Å²) in [6.45, 7) is 5.60. The Balaban J connectivity index is 2.22. The molecule has 0 aliphatic rings. The van der Waals surface area contributed by atoms with Gasteiger partial charge in [0, 0.05) is 13.1 Å². The van der Waals surface area contributed by atoms with Crippen LogP contribution in [-0.2, 0) is 0 Å². The molecule has 0 saturated heterocycles. The lowest BCUT2D eigenvalue weighted by molar-refractivity contribution is -0.402. The summed E-state index contributed by atoms with van der Waals surface area (Å²) in [5, 5.41) is 11.3. The molecule has 2 heterocycles. The molecule has 2 aromatic heterocycles. The maximum atomic E-state index is 12.1. The molecule has 0 bridgehead atoms. The Morgan fingerprint density at radius 2 is 2.15 bits per heavy atom. The maximum Gasteiger partial charge on any atom is 0.433 e. The molecule has 0 N–H and O–H groups in total. The first-order valence-electron chi connectivity index (χ1n) is 6.06. The molecule has 7 nitrogen and oxygen atoms in total. The number of rotatable bonds is 6. The van der Waals surface area contributed by atoms with E-state index in [9.17, 15) is 14.9 Å². The fourth-order valence-electron chi connectivity index (χ4n) is 1.68. The van der Waals surface area contributed by atoms with Gasteiger partial charge in [0.15, 0.2) is 10.9 Å². The topological polar surface area (TPSA) is 89.5 Å². The zero-order valence-corrected chi connectivity index (χ0v) is 11.8. The minimum Gasteiger partial charge on any atom is -0.397 e. The molecule has 0 amide bonds. The van der Waals surface area contributed by atoms with Crippen LogP contribution in [0.5, 0.6) is 0 Å². The van der Waals surface area contributed by atoms with E-state index >= 15 is 0 Å². The summed E-state index contributed by atoms with van der Waals surface area (Å²) < 4.78 is 4.90. The highest BCUT2D eigenvalue weighted by molar-refractivity contribution is 7.17. The van der Waals surface area contributed by atoms with Crippen molar-refractivity contribution in [1.29, 1.82) is 0 Å². The quantitative estimate of drug-likeness (QED) is 0.462. The van der Waals surface area contributed by atoms with E-state index in [1.165, 1.54) is 29.7 Å². The molecule has 20 heavy (non-hydrogen) atoms. The van der Waals surface area contributed by atoms with Gasteiger partial charge in [-0.3, -0.25) is 14.9 Å². The Morgan fingerprint density at radius 3 is 2.70 bits per heavy atom. The van der Waals surface area contributed by atoms with Crippen molar-refractivity contribution in [3.8, 4) is 0 Å². The maximum absolute atomic E-state index is 12.1. The Hall–Kier alpha value is -2.22. The highest BCUT2D eigenvalue weighted by Crippen LogP contribution is 2.26. The molecule has 2 rings (SSSR count). The lowest BCUT2D eigenvalue weighted by Gasteiger charge is -2.16. The molecule has 0 spiro atoms. The average Bonchev–Trinajstić information content (AvgIpc) is 3.09.